The highest BCUT2D eigenvalue weighted by molar-refractivity contribution is 6.99. The van der Waals surface area contributed by atoms with Gasteiger partial charge < -0.3 is 9.53 Å². The summed E-state index contributed by atoms with van der Waals surface area (Å²) in [6.07, 6.45) is 1.60. The molecule has 0 saturated carbocycles. The van der Waals surface area contributed by atoms with Crippen LogP contribution in [0.1, 0.15) is 27.2 Å². The van der Waals surface area contributed by atoms with Gasteiger partial charge in [-0.1, -0.05) is 87.5 Å². The number of hydrogen-bond donors (Lipinski definition) is 1. The van der Waals surface area contributed by atoms with Gasteiger partial charge in [0.2, 0.25) is 0 Å². The van der Waals surface area contributed by atoms with E-state index in [0.29, 0.717) is 13.0 Å². The first-order valence-corrected chi connectivity index (χ1v) is 10.4. The summed E-state index contributed by atoms with van der Waals surface area (Å²) < 4.78 is 6.67. The third-order valence-corrected chi connectivity index (χ3v) is 9.46. The van der Waals surface area contributed by atoms with Gasteiger partial charge in [0.1, 0.15) is 0 Å². The summed E-state index contributed by atoms with van der Waals surface area (Å²) in [6.45, 7) is 10.9. The van der Waals surface area contributed by atoms with E-state index in [1.807, 2.05) is 12.1 Å². The molecule has 1 atom stereocenters. The standard InChI is InChI=1S/C21H28O2Si/c1-5-18(22)16-17-23-24(21(2,3)4,19-12-8-6-9-13-19)20-14-10-7-11-15-20/h5-15,18,22H,1,16-17H2,2-4H3. The van der Waals surface area contributed by atoms with Gasteiger partial charge in [-0.2, -0.15) is 0 Å². The van der Waals surface area contributed by atoms with Gasteiger partial charge in [-0.05, 0) is 21.8 Å². The molecule has 128 valence electrons. The van der Waals surface area contributed by atoms with Crippen molar-refractivity contribution in [3.8, 4) is 0 Å². The average Bonchev–Trinajstić information content (AvgIpc) is 2.59. The van der Waals surface area contributed by atoms with E-state index in [9.17, 15) is 5.11 Å². The van der Waals surface area contributed by atoms with Gasteiger partial charge >= 0.3 is 0 Å². The molecule has 0 aliphatic rings. The third-order valence-electron chi connectivity index (χ3n) is 4.42. The van der Waals surface area contributed by atoms with Crippen LogP contribution in [0.5, 0.6) is 0 Å². The first-order chi connectivity index (χ1) is 11.4. The summed E-state index contributed by atoms with van der Waals surface area (Å²) in [5, 5.41) is 12.3. The lowest BCUT2D eigenvalue weighted by molar-refractivity contribution is 0.174. The lowest BCUT2D eigenvalue weighted by Gasteiger charge is -2.43. The molecule has 0 radical (unpaired) electrons. The summed E-state index contributed by atoms with van der Waals surface area (Å²) in [5.41, 5.74) is 0. The Bertz CT molecular complexity index is 592. The van der Waals surface area contributed by atoms with Crippen LogP contribution in [0.25, 0.3) is 0 Å². The topological polar surface area (TPSA) is 29.5 Å². The molecule has 1 unspecified atom stereocenters. The Hall–Kier alpha value is -1.68. The molecule has 0 bridgehead atoms. The van der Waals surface area contributed by atoms with Crippen LogP contribution < -0.4 is 10.4 Å². The minimum Gasteiger partial charge on any atom is -0.407 e. The summed E-state index contributed by atoms with van der Waals surface area (Å²) in [4.78, 5) is 0. The average molecular weight is 341 g/mol. The predicted molar refractivity (Wildman–Crippen MR) is 104 cm³/mol. The van der Waals surface area contributed by atoms with E-state index >= 15 is 0 Å². The second-order valence-electron chi connectivity index (χ2n) is 7.10. The Morgan fingerprint density at radius 3 is 1.83 bits per heavy atom. The summed E-state index contributed by atoms with van der Waals surface area (Å²) in [7, 11) is -2.47. The van der Waals surface area contributed by atoms with E-state index in [4.69, 9.17) is 4.43 Å². The van der Waals surface area contributed by atoms with Crippen molar-refractivity contribution in [1.82, 2.24) is 0 Å². The van der Waals surface area contributed by atoms with Crippen LogP contribution in [0.3, 0.4) is 0 Å². The highest BCUT2D eigenvalue weighted by Crippen LogP contribution is 2.36. The van der Waals surface area contributed by atoms with E-state index in [-0.39, 0.29) is 5.04 Å². The number of rotatable bonds is 7. The van der Waals surface area contributed by atoms with Crippen molar-refractivity contribution >= 4 is 18.7 Å². The largest absolute Gasteiger partial charge is 0.407 e. The SMILES string of the molecule is C=CC(O)CCO[Si](c1ccccc1)(c1ccccc1)C(C)(C)C. The minimum absolute atomic E-state index is 0.0329. The monoisotopic (exact) mass is 340 g/mol. The molecule has 0 aliphatic carbocycles. The Labute approximate surface area is 146 Å². The molecule has 2 aromatic rings. The fraction of sp³-hybridized carbons (Fsp3) is 0.333. The number of hydrogen-bond acceptors (Lipinski definition) is 2. The molecular weight excluding hydrogens is 312 g/mol. The van der Waals surface area contributed by atoms with E-state index in [2.05, 4.69) is 75.9 Å². The zero-order valence-electron chi connectivity index (χ0n) is 14.9. The van der Waals surface area contributed by atoms with Crippen LogP contribution in [0.15, 0.2) is 73.3 Å². The Morgan fingerprint density at radius 1 is 1.00 bits per heavy atom. The lowest BCUT2D eigenvalue weighted by atomic mass is 10.2. The van der Waals surface area contributed by atoms with Crippen LogP contribution in [0.4, 0.5) is 0 Å². The van der Waals surface area contributed by atoms with E-state index in [1.165, 1.54) is 10.4 Å². The summed E-state index contributed by atoms with van der Waals surface area (Å²) in [6, 6.07) is 21.1. The quantitative estimate of drug-likeness (QED) is 0.617. The molecule has 2 rings (SSSR count). The Morgan fingerprint density at radius 2 is 1.46 bits per heavy atom. The predicted octanol–water partition coefficient (Wildman–Crippen LogP) is 3.50. The molecule has 2 aromatic carbocycles. The molecule has 0 saturated heterocycles. The summed E-state index contributed by atoms with van der Waals surface area (Å²) >= 11 is 0. The fourth-order valence-corrected chi connectivity index (χ4v) is 7.79. The number of aliphatic hydroxyl groups is 1. The van der Waals surface area contributed by atoms with Crippen molar-refractivity contribution in [2.75, 3.05) is 6.61 Å². The van der Waals surface area contributed by atoms with Crippen molar-refractivity contribution in [2.45, 2.75) is 38.3 Å². The highest BCUT2D eigenvalue weighted by Gasteiger charge is 2.49. The maximum Gasteiger partial charge on any atom is 0.261 e. The van der Waals surface area contributed by atoms with Crippen LogP contribution in [0, 0.1) is 0 Å². The molecule has 0 spiro atoms. The maximum atomic E-state index is 9.82. The van der Waals surface area contributed by atoms with Gasteiger partial charge in [-0.3, -0.25) is 0 Å². The third kappa shape index (κ3) is 3.86. The van der Waals surface area contributed by atoms with Gasteiger partial charge in [-0.15, -0.1) is 6.58 Å². The van der Waals surface area contributed by atoms with Crippen molar-refractivity contribution in [3.63, 3.8) is 0 Å². The van der Waals surface area contributed by atoms with Gasteiger partial charge in [0.15, 0.2) is 0 Å². The highest BCUT2D eigenvalue weighted by atomic mass is 28.4. The van der Waals surface area contributed by atoms with Crippen LogP contribution >= 0.6 is 0 Å². The molecule has 2 nitrogen and oxygen atoms in total. The molecule has 1 N–H and O–H groups in total. The van der Waals surface area contributed by atoms with Crippen LogP contribution in [-0.4, -0.2) is 26.1 Å². The van der Waals surface area contributed by atoms with Crippen molar-refractivity contribution < 1.29 is 9.53 Å². The fourth-order valence-electron chi connectivity index (χ4n) is 3.21. The van der Waals surface area contributed by atoms with Crippen LogP contribution in [0.2, 0.25) is 5.04 Å². The van der Waals surface area contributed by atoms with E-state index < -0.39 is 14.4 Å². The van der Waals surface area contributed by atoms with Gasteiger partial charge in [0, 0.05) is 6.61 Å². The molecule has 0 amide bonds. The van der Waals surface area contributed by atoms with Gasteiger partial charge in [-0.25, -0.2) is 0 Å². The maximum absolute atomic E-state index is 9.82. The van der Waals surface area contributed by atoms with E-state index in [1.54, 1.807) is 6.08 Å². The Balaban J connectivity index is 2.51. The first-order valence-electron chi connectivity index (χ1n) is 8.47. The van der Waals surface area contributed by atoms with Gasteiger partial charge in [0.25, 0.3) is 8.32 Å². The normalized spacial score (nSPS) is 13.5. The minimum atomic E-state index is -2.47. The molecule has 0 heterocycles. The molecule has 0 aromatic heterocycles. The first kappa shape index (κ1) is 18.7. The van der Waals surface area contributed by atoms with Crippen LogP contribution in [-0.2, 0) is 4.43 Å². The van der Waals surface area contributed by atoms with Crippen molar-refractivity contribution in [2.24, 2.45) is 0 Å². The molecule has 0 aliphatic heterocycles. The zero-order valence-corrected chi connectivity index (χ0v) is 15.9. The van der Waals surface area contributed by atoms with Crippen molar-refractivity contribution in [1.29, 1.82) is 0 Å². The smallest absolute Gasteiger partial charge is 0.261 e. The van der Waals surface area contributed by atoms with Crippen molar-refractivity contribution in [3.05, 3.63) is 73.3 Å². The summed E-state index contributed by atoms with van der Waals surface area (Å²) in [5.74, 6) is 0. The zero-order chi connectivity index (χ0) is 17.6. The second-order valence-corrected chi connectivity index (χ2v) is 11.4. The lowest BCUT2D eigenvalue weighted by Crippen LogP contribution is -2.66. The Kier molecular flexibility index (Phi) is 6.16. The second kappa shape index (κ2) is 7.93. The molecule has 24 heavy (non-hydrogen) atoms. The van der Waals surface area contributed by atoms with E-state index in [0.717, 1.165) is 0 Å². The number of aliphatic hydroxyl groups excluding tert-OH is 1. The molecule has 3 heteroatoms. The molecule has 0 fully saturated rings. The molecular formula is C21H28O2Si. The van der Waals surface area contributed by atoms with Gasteiger partial charge in [0.05, 0.1) is 6.10 Å². The number of benzene rings is 2.